The van der Waals surface area contributed by atoms with Gasteiger partial charge in [-0.05, 0) is 12.0 Å². The number of rotatable bonds is 9. The van der Waals surface area contributed by atoms with E-state index in [-0.39, 0.29) is 5.57 Å². The quantitative estimate of drug-likeness (QED) is 0.266. The standard InChI is InChI=1S/C15H18N4O2/c16-9-14(11-17-7-4-8-18-12-20)15(21)19-10-13-5-2-1-3-6-13/h1-3,5-6,11-12,17H,4,7-8,10H2,(H,18,20)(H,19,21)/b14-11-. The molecule has 1 rings (SSSR count). The molecule has 0 radical (unpaired) electrons. The fourth-order valence-electron chi connectivity index (χ4n) is 1.55. The third-order valence-electron chi connectivity index (χ3n) is 2.63. The highest BCUT2D eigenvalue weighted by molar-refractivity contribution is 5.97. The molecule has 0 bridgehead atoms. The van der Waals surface area contributed by atoms with Crippen LogP contribution in [-0.2, 0) is 16.1 Å². The Labute approximate surface area is 123 Å². The first-order valence-electron chi connectivity index (χ1n) is 6.60. The Morgan fingerprint density at radius 3 is 2.57 bits per heavy atom. The molecule has 3 N–H and O–H groups in total. The molecule has 1 aromatic carbocycles. The smallest absolute Gasteiger partial charge is 0.263 e. The highest BCUT2D eigenvalue weighted by atomic mass is 16.1. The molecule has 0 aliphatic carbocycles. The van der Waals surface area contributed by atoms with Gasteiger partial charge in [0, 0.05) is 25.8 Å². The van der Waals surface area contributed by atoms with E-state index in [2.05, 4.69) is 16.0 Å². The molecule has 110 valence electrons. The van der Waals surface area contributed by atoms with Crippen molar-refractivity contribution in [3.8, 4) is 6.07 Å². The van der Waals surface area contributed by atoms with Gasteiger partial charge in [0.25, 0.3) is 5.91 Å². The minimum atomic E-state index is -0.417. The van der Waals surface area contributed by atoms with Gasteiger partial charge in [0.2, 0.25) is 6.41 Å². The number of nitrogens with zero attached hydrogens (tertiary/aromatic N) is 1. The van der Waals surface area contributed by atoms with Crippen LogP contribution >= 0.6 is 0 Å². The van der Waals surface area contributed by atoms with Crippen LogP contribution in [0.4, 0.5) is 0 Å². The number of nitrogens with one attached hydrogen (secondary N) is 3. The molecule has 6 nitrogen and oxygen atoms in total. The van der Waals surface area contributed by atoms with E-state index in [9.17, 15) is 9.59 Å². The Hall–Kier alpha value is -2.81. The van der Waals surface area contributed by atoms with Gasteiger partial charge < -0.3 is 16.0 Å². The van der Waals surface area contributed by atoms with Gasteiger partial charge in [0.1, 0.15) is 11.6 Å². The van der Waals surface area contributed by atoms with Gasteiger partial charge in [-0.3, -0.25) is 9.59 Å². The summed E-state index contributed by atoms with van der Waals surface area (Å²) in [6, 6.07) is 11.3. The monoisotopic (exact) mass is 286 g/mol. The second-order valence-electron chi connectivity index (χ2n) is 4.22. The minimum absolute atomic E-state index is 0.0225. The van der Waals surface area contributed by atoms with Crippen LogP contribution in [0.1, 0.15) is 12.0 Å². The average Bonchev–Trinajstić information content (AvgIpc) is 2.53. The molecule has 0 heterocycles. The summed E-state index contributed by atoms with van der Waals surface area (Å²) in [5.74, 6) is -0.417. The zero-order valence-electron chi connectivity index (χ0n) is 11.6. The van der Waals surface area contributed by atoms with Crippen LogP contribution in [0.25, 0.3) is 0 Å². The summed E-state index contributed by atoms with van der Waals surface area (Å²) in [7, 11) is 0. The second kappa shape index (κ2) is 10.0. The zero-order valence-corrected chi connectivity index (χ0v) is 11.6. The fourth-order valence-corrected chi connectivity index (χ4v) is 1.55. The van der Waals surface area contributed by atoms with Crippen LogP contribution in [-0.4, -0.2) is 25.4 Å². The maximum absolute atomic E-state index is 11.8. The third kappa shape index (κ3) is 6.78. The third-order valence-corrected chi connectivity index (χ3v) is 2.63. The number of hydrogen-bond acceptors (Lipinski definition) is 4. The summed E-state index contributed by atoms with van der Waals surface area (Å²) in [5.41, 5.74) is 0.991. The van der Waals surface area contributed by atoms with Crippen molar-refractivity contribution in [2.45, 2.75) is 13.0 Å². The molecular weight excluding hydrogens is 268 g/mol. The average molecular weight is 286 g/mol. The van der Waals surface area contributed by atoms with Crippen molar-refractivity contribution in [1.82, 2.24) is 16.0 Å². The molecule has 6 heteroatoms. The van der Waals surface area contributed by atoms with E-state index in [0.29, 0.717) is 32.5 Å². The second-order valence-corrected chi connectivity index (χ2v) is 4.22. The number of hydrogen-bond donors (Lipinski definition) is 3. The minimum Gasteiger partial charge on any atom is -0.390 e. The maximum Gasteiger partial charge on any atom is 0.263 e. The van der Waals surface area contributed by atoms with E-state index in [1.165, 1.54) is 6.20 Å². The topological polar surface area (TPSA) is 94.0 Å². The van der Waals surface area contributed by atoms with E-state index < -0.39 is 5.91 Å². The first kappa shape index (κ1) is 16.2. The molecule has 0 unspecified atom stereocenters. The molecule has 0 aliphatic rings. The van der Waals surface area contributed by atoms with Crippen LogP contribution in [0.15, 0.2) is 42.1 Å². The van der Waals surface area contributed by atoms with Crippen molar-refractivity contribution in [1.29, 1.82) is 5.26 Å². The molecule has 2 amide bonds. The van der Waals surface area contributed by atoms with Crippen LogP contribution in [0.3, 0.4) is 0 Å². The van der Waals surface area contributed by atoms with Crippen molar-refractivity contribution in [2.24, 2.45) is 0 Å². The highest BCUT2D eigenvalue weighted by Gasteiger charge is 2.07. The summed E-state index contributed by atoms with van der Waals surface area (Å²) in [6.07, 6.45) is 2.73. The van der Waals surface area contributed by atoms with E-state index in [4.69, 9.17) is 5.26 Å². The van der Waals surface area contributed by atoms with Gasteiger partial charge >= 0.3 is 0 Å². The van der Waals surface area contributed by atoms with Gasteiger partial charge in [-0.15, -0.1) is 0 Å². The Bertz CT molecular complexity index is 520. The highest BCUT2D eigenvalue weighted by Crippen LogP contribution is 1.98. The summed E-state index contributed by atoms with van der Waals surface area (Å²) in [4.78, 5) is 21.8. The van der Waals surface area contributed by atoms with Crippen LogP contribution in [0, 0.1) is 11.3 Å². The van der Waals surface area contributed by atoms with E-state index in [0.717, 1.165) is 5.56 Å². The van der Waals surface area contributed by atoms with Crippen molar-refractivity contribution in [2.75, 3.05) is 13.1 Å². The summed E-state index contributed by atoms with van der Waals surface area (Å²) < 4.78 is 0. The lowest BCUT2D eigenvalue weighted by Crippen LogP contribution is -2.25. The molecule has 0 fully saturated rings. The Morgan fingerprint density at radius 2 is 1.90 bits per heavy atom. The van der Waals surface area contributed by atoms with Crippen molar-refractivity contribution >= 4 is 12.3 Å². The van der Waals surface area contributed by atoms with Gasteiger partial charge in [-0.1, -0.05) is 30.3 Å². The Balaban J connectivity index is 2.35. The first-order valence-corrected chi connectivity index (χ1v) is 6.60. The molecule has 0 saturated carbocycles. The molecule has 0 aliphatic heterocycles. The largest absolute Gasteiger partial charge is 0.390 e. The Morgan fingerprint density at radius 1 is 1.19 bits per heavy atom. The van der Waals surface area contributed by atoms with Crippen molar-refractivity contribution in [3.63, 3.8) is 0 Å². The normalized spacial score (nSPS) is 10.3. The summed E-state index contributed by atoms with van der Waals surface area (Å²) in [6.45, 7) is 1.49. The van der Waals surface area contributed by atoms with Crippen LogP contribution < -0.4 is 16.0 Å². The van der Waals surface area contributed by atoms with Crippen LogP contribution in [0.2, 0.25) is 0 Å². The van der Waals surface area contributed by atoms with E-state index >= 15 is 0 Å². The zero-order chi connectivity index (χ0) is 15.3. The SMILES string of the molecule is N#C/C(=C/NCCCNC=O)C(=O)NCc1ccccc1. The molecule has 1 aromatic rings. The lowest BCUT2D eigenvalue weighted by molar-refractivity contribution is -0.117. The number of nitriles is 1. The lowest BCUT2D eigenvalue weighted by Gasteiger charge is -2.05. The molecule has 0 saturated heterocycles. The predicted octanol–water partition coefficient (Wildman–Crippen LogP) is 0.436. The number of carbonyl (C=O) groups excluding carboxylic acids is 2. The maximum atomic E-state index is 11.8. The molecule has 21 heavy (non-hydrogen) atoms. The van der Waals surface area contributed by atoms with Gasteiger partial charge in [-0.2, -0.15) is 5.26 Å². The first-order chi connectivity index (χ1) is 10.3. The molecule has 0 spiro atoms. The fraction of sp³-hybridized carbons (Fsp3) is 0.267. The number of amides is 2. The van der Waals surface area contributed by atoms with Gasteiger partial charge in [0.05, 0.1) is 0 Å². The summed E-state index contributed by atoms with van der Waals surface area (Å²) in [5, 5.41) is 17.0. The Kier molecular flexibility index (Phi) is 7.76. The van der Waals surface area contributed by atoms with E-state index in [1.54, 1.807) is 0 Å². The molecular formula is C15H18N4O2. The van der Waals surface area contributed by atoms with Gasteiger partial charge in [-0.25, -0.2) is 0 Å². The molecule has 0 aromatic heterocycles. The summed E-state index contributed by atoms with van der Waals surface area (Å²) >= 11 is 0. The molecule has 0 atom stereocenters. The van der Waals surface area contributed by atoms with Crippen molar-refractivity contribution in [3.05, 3.63) is 47.7 Å². The van der Waals surface area contributed by atoms with Gasteiger partial charge in [0.15, 0.2) is 0 Å². The number of benzene rings is 1. The number of carbonyl (C=O) groups is 2. The van der Waals surface area contributed by atoms with E-state index in [1.807, 2.05) is 36.4 Å². The van der Waals surface area contributed by atoms with Crippen molar-refractivity contribution < 1.29 is 9.59 Å². The lowest BCUT2D eigenvalue weighted by atomic mass is 10.2. The van der Waals surface area contributed by atoms with Crippen LogP contribution in [0.5, 0.6) is 0 Å². The predicted molar refractivity (Wildman–Crippen MR) is 78.7 cm³/mol.